The maximum Gasteiger partial charge on any atom is 0.407 e. The molecule has 0 saturated carbocycles. The van der Waals surface area contributed by atoms with Gasteiger partial charge in [0, 0.05) is 6.54 Å². The molecule has 1 heterocycles. The summed E-state index contributed by atoms with van der Waals surface area (Å²) in [6, 6.07) is 5.21. The minimum absolute atomic E-state index is 0.140. The third-order valence-corrected chi connectivity index (χ3v) is 6.93. The van der Waals surface area contributed by atoms with Gasteiger partial charge in [-0.3, -0.25) is 19.2 Å². The predicted molar refractivity (Wildman–Crippen MR) is 136 cm³/mol. The van der Waals surface area contributed by atoms with Crippen LogP contribution in [0.3, 0.4) is 0 Å². The first-order chi connectivity index (χ1) is 17.6. The average molecular weight is 515 g/mol. The van der Waals surface area contributed by atoms with Crippen molar-refractivity contribution in [1.29, 1.82) is 0 Å². The Bertz CT molecular complexity index is 1000. The van der Waals surface area contributed by atoms with Crippen LogP contribution in [0.25, 0.3) is 0 Å². The van der Waals surface area contributed by atoms with Crippen LogP contribution < -0.4 is 16.4 Å². The monoisotopic (exact) mass is 514 g/mol. The molecule has 10 nitrogen and oxygen atoms in total. The summed E-state index contributed by atoms with van der Waals surface area (Å²) in [6.45, 7) is 6.24. The van der Waals surface area contributed by atoms with E-state index in [0.717, 1.165) is 11.1 Å². The molecule has 3 rings (SSSR count). The zero-order valence-corrected chi connectivity index (χ0v) is 21.8. The molecular formula is C27H38N4O6. The molecule has 37 heavy (non-hydrogen) atoms. The minimum Gasteiger partial charge on any atom is -0.449 e. The van der Waals surface area contributed by atoms with Crippen molar-refractivity contribution in [2.24, 2.45) is 17.6 Å². The standard InChI is InChI=1S/C27H38N4O6/c1-4-8-20(23(32)24(28)33)29-25(34)21-11-7-12-31(21)26(35)22(30-27(36)37-15-16(2)3)19-13-17-9-5-6-10-18(17)14-19/h5-6,9-10,16,19-22H,4,7-8,11-15H2,1-3H3,(H2,28,33)(H,29,34)(H,30,36)/t20?,21-,22-/m0/s1. The van der Waals surface area contributed by atoms with Gasteiger partial charge in [0.15, 0.2) is 0 Å². The van der Waals surface area contributed by atoms with Gasteiger partial charge in [-0.2, -0.15) is 0 Å². The number of fused-ring (bicyclic) bond motifs is 1. The molecule has 0 spiro atoms. The van der Waals surface area contributed by atoms with Gasteiger partial charge < -0.3 is 26.0 Å². The Morgan fingerprint density at radius 2 is 1.73 bits per heavy atom. The topological polar surface area (TPSA) is 148 Å². The molecule has 4 amide bonds. The number of hydrogen-bond acceptors (Lipinski definition) is 6. The van der Waals surface area contributed by atoms with E-state index in [4.69, 9.17) is 10.5 Å². The van der Waals surface area contributed by atoms with E-state index in [9.17, 15) is 24.0 Å². The smallest absolute Gasteiger partial charge is 0.407 e. The number of nitrogens with zero attached hydrogens (tertiary/aromatic N) is 1. The minimum atomic E-state index is -1.11. The maximum absolute atomic E-state index is 13.9. The number of ketones is 1. The number of amides is 4. The highest BCUT2D eigenvalue weighted by Crippen LogP contribution is 2.31. The lowest BCUT2D eigenvalue weighted by atomic mass is 9.95. The van der Waals surface area contributed by atoms with Crippen LogP contribution in [0.15, 0.2) is 24.3 Å². The van der Waals surface area contributed by atoms with E-state index in [1.54, 1.807) is 0 Å². The highest BCUT2D eigenvalue weighted by molar-refractivity contribution is 6.37. The third kappa shape index (κ3) is 7.08. The van der Waals surface area contributed by atoms with Crippen LogP contribution in [0.5, 0.6) is 0 Å². The molecule has 1 aromatic carbocycles. The summed E-state index contributed by atoms with van der Waals surface area (Å²) in [4.78, 5) is 64.7. The van der Waals surface area contributed by atoms with Crippen molar-refractivity contribution in [2.45, 2.75) is 77.4 Å². The van der Waals surface area contributed by atoms with Gasteiger partial charge in [0.2, 0.25) is 17.6 Å². The molecule has 1 aromatic rings. The van der Waals surface area contributed by atoms with E-state index < -0.39 is 41.8 Å². The summed E-state index contributed by atoms with van der Waals surface area (Å²) in [7, 11) is 0. The largest absolute Gasteiger partial charge is 0.449 e. The van der Waals surface area contributed by atoms with Crippen molar-refractivity contribution in [3.8, 4) is 0 Å². The van der Waals surface area contributed by atoms with E-state index in [1.807, 2.05) is 45.0 Å². The number of ether oxygens (including phenoxy) is 1. The number of primary amides is 1. The van der Waals surface area contributed by atoms with Crippen LogP contribution in [0.1, 0.15) is 57.6 Å². The van der Waals surface area contributed by atoms with Gasteiger partial charge in [-0.15, -0.1) is 0 Å². The lowest BCUT2D eigenvalue weighted by Crippen LogP contribution is -2.57. The van der Waals surface area contributed by atoms with Gasteiger partial charge in [0.05, 0.1) is 12.6 Å². The van der Waals surface area contributed by atoms with Crippen molar-refractivity contribution in [2.75, 3.05) is 13.2 Å². The predicted octanol–water partition coefficient (Wildman–Crippen LogP) is 1.48. The van der Waals surface area contributed by atoms with Gasteiger partial charge in [0.1, 0.15) is 12.1 Å². The van der Waals surface area contributed by atoms with Gasteiger partial charge in [-0.1, -0.05) is 51.5 Å². The van der Waals surface area contributed by atoms with Crippen molar-refractivity contribution in [3.63, 3.8) is 0 Å². The first-order valence-electron chi connectivity index (χ1n) is 13.1. The summed E-state index contributed by atoms with van der Waals surface area (Å²) >= 11 is 0. The van der Waals surface area contributed by atoms with E-state index in [-0.39, 0.29) is 30.8 Å². The lowest BCUT2D eigenvalue weighted by molar-refractivity contribution is -0.142. The maximum atomic E-state index is 13.9. The Hall–Kier alpha value is -3.43. The van der Waals surface area contributed by atoms with E-state index in [2.05, 4.69) is 10.6 Å². The second-order valence-electron chi connectivity index (χ2n) is 10.3. The zero-order valence-electron chi connectivity index (χ0n) is 21.8. The van der Waals surface area contributed by atoms with Crippen LogP contribution in [-0.4, -0.2) is 65.8 Å². The molecule has 202 valence electrons. The van der Waals surface area contributed by atoms with Gasteiger partial charge in [0.25, 0.3) is 5.91 Å². The molecule has 1 saturated heterocycles. The van der Waals surface area contributed by atoms with Crippen LogP contribution in [0.4, 0.5) is 4.79 Å². The quantitative estimate of drug-likeness (QED) is 0.381. The van der Waals surface area contributed by atoms with Crippen molar-refractivity contribution < 1.29 is 28.7 Å². The molecule has 0 bridgehead atoms. The van der Waals surface area contributed by atoms with Crippen molar-refractivity contribution in [3.05, 3.63) is 35.4 Å². The number of hydrogen-bond donors (Lipinski definition) is 3. The molecule has 3 atom stereocenters. The Morgan fingerprint density at radius 1 is 1.08 bits per heavy atom. The molecular weight excluding hydrogens is 476 g/mol. The van der Waals surface area contributed by atoms with Crippen molar-refractivity contribution in [1.82, 2.24) is 15.5 Å². The summed E-state index contributed by atoms with van der Waals surface area (Å²) in [6.07, 6.45) is 2.40. The molecule has 10 heteroatoms. The van der Waals surface area contributed by atoms with Crippen LogP contribution in [-0.2, 0) is 36.8 Å². The SMILES string of the molecule is CCCC(NC(=O)[C@@H]1CCCN1C(=O)[C@@H](NC(=O)OCC(C)C)C1Cc2ccccc2C1)C(=O)C(N)=O. The zero-order chi connectivity index (χ0) is 27.1. The molecule has 0 radical (unpaired) electrons. The second-order valence-corrected chi connectivity index (χ2v) is 10.3. The fourth-order valence-corrected chi connectivity index (χ4v) is 5.10. The first kappa shape index (κ1) is 28.1. The number of nitrogens with one attached hydrogen (secondary N) is 2. The number of Topliss-reactive ketones (excluding diaryl/α,β-unsaturated/α-hetero) is 1. The normalized spacial score (nSPS) is 18.7. The third-order valence-electron chi connectivity index (χ3n) is 6.93. The number of rotatable bonds is 11. The van der Waals surface area contributed by atoms with Crippen molar-refractivity contribution >= 4 is 29.6 Å². The Kier molecular flexibility index (Phi) is 9.66. The Labute approximate surface area is 217 Å². The highest BCUT2D eigenvalue weighted by Gasteiger charge is 2.43. The van der Waals surface area contributed by atoms with Gasteiger partial charge in [-0.05, 0) is 55.1 Å². The Balaban J connectivity index is 1.78. The molecule has 1 fully saturated rings. The number of benzene rings is 1. The summed E-state index contributed by atoms with van der Waals surface area (Å²) < 4.78 is 5.30. The number of carbonyl (C=O) groups is 5. The van der Waals surface area contributed by atoms with Crippen LogP contribution >= 0.6 is 0 Å². The van der Waals surface area contributed by atoms with E-state index in [0.29, 0.717) is 38.6 Å². The summed E-state index contributed by atoms with van der Waals surface area (Å²) in [5.41, 5.74) is 7.41. The first-order valence-corrected chi connectivity index (χ1v) is 13.1. The van der Waals surface area contributed by atoms with Gasteiger partial charge in [-0.25, -0.2) is 4.79 Å². The summed E-state index contributed by atoms with van der Waals surface area (Å²) in [5, 5.41) is 5.41. The van der Waals surface area contributed by atoms with Gasteiger partial charge >= 0.3 is 6.09 Å². The lowest BCUT2D eigenvalue weighted by Gasteiger charge is -2.32. The fourth-order valence-electron chi connectivity index (χ4n) is 5.10. The molecule has 4 N–H and O–H groups in total. The van der Waals surface area contributed by atoms with Crippen LogP contribution in [0.2, 0.25) is 0 Å². The second kappa shape index (κ2) is 12.7. The molecule has 0 aromatic heterocycles. The van der Waals surface area contributed by atoms with Crippen LogP contribution in [0, 0.1) is 11.8 Å². The number of carbonyl (C=O) groups excluding carboxylic acids is 5. The number of likely N-dealkylation sites (tertiary alicyclic amines) is 1. The molecule has 1 unspecified atom stereocenters. The fraction of sp³-hybridized carbons (Fsp3) is 0.593. The molecule has 1 aliphatic carbocycles. The van der Waals surface area contributed by atoms with E-state index >= 15 is 0 Å². The summed E-state index contributed by atoms with van der Waals surface area (Å²) in [5.74, 6) is -2.88. The molecule has 2 aliphatic rings. The number of alkyl carbamates (subject to hydrolysis) is 1. The van der Waals surface area contributed by atoms with E-state index in [1.165, 1.54) is 4.90 Å². The Morgan fingerprint density at radius 3 is 2.30 bits per heavy atom. The highest BCUT2D eigenvalue weighted by atomic mass is 16.5. The number of nitrogens with two attached hydrogens (primary N) is 1. The molecule has 1 aliphatic heterocycles. The average Bonchev–Trinajstić information content (AvgIpc) is 3.52.